The number of morpholine rings is 1. The average Bonchev–Trinajstić information content (AvgIpc) is 3.19. The van der Waals surface area contributed by atoms with Crippen LogP contribution in [0.4, 0.5) is 0 Å². The topological polar surface area (TPSA) is 46.5 Å². The third-order valence-electron chi connectivity index (χ3n) is 3.75. The zero-order valence-electron chi connectivity index (χ0n) is 12.7. The van der Waals surface area contributed by atoms with Gasteiger partial charge in [0, 0.05) is 38.1 Å². The van der Waals surface area contributed by atoms with Gasteiger partial charge in [-0.25, -0.2) is 0 Å². The smallest absolute Gasteiger partial charge is 0.263 e. The molecule has 3 rings (SSSR count). The fourth-order valence-electron chi connectivity index (χ4n) is 2.68. The van der Waals surface area contributed by atoms with Crippen LogP contribution in [0.2, 0.25) is 0 Å². The van der Waals surface area contributed by atoms with E-state index in [0.717, 1.165) is 43.4 Å². The summed E-state index contributed by atoms with van der Waals surface area (Å²) in [6, 6.07) is 6.01. The van der Waals surface area contributed by atoms with E-state index >= 15 is 0 Å². The highest BCUT2D eigenvalue weighted by Crippen LogP contribution is 2.21. The zero-order chi connectivity index (χ0) is 15.4. The van der Waals surface area contributed by atoms with E-state index in [1.807, 2.05) is 40.5 Å². The Morgan fingerprint density at radius 3 is 2.82 bits per heavy atom. The molecule has 0 aliphatic carbocycles. The van der Waals surface area contributed by atoms with Gasteiger partial charge in [0.05, 0.1) is 18.9 Å². The van der Waals surface area contributed by atoms with Crippen LogP contribution in [0.5, 0.6) is 0 Å². The summed E-state index contributed by atoms with van der Waals surface area (Å²) in [5, 5.41) is 5.06. The summed E-state index contributed by atoms with van der Waals surface area (Å²) in [5.74, 6) is -0.000501. The normalized spacial score (nSPS) is 17.3. The summed E-state index contributed by atoms with van der Waals surface area (Å²) in [5.41, 5.74) is 0.936. The number of nitrogens with zero attached hydrogens (tertiary/aromatic N) is 2. The third-order valence-corrected chi connectivity index (χ3v) is 4.65. The van der Waals surface area contributed by atoms with Crippen molar-refractivity contribution in [3.05, 3.63) is 40.8 Å². The lowest BCUT2D eigenvalue weighted by Crippen LogP contribution is -2.46. The number of carbonyl (C=O) groups is 1. The molecule has 1 N–H and O–H groups in total. The minimum Gasteiger partial charge on any atom is -0.379 e. The van der Waals surface area contributed by atoms with E-state index in [1.165, 1.54) is 11.3 Å². The summed E-state index contributed by atoms with van der Waals surface area (Å²) < 4.78 is 7.32. The van der Waals surface area contributed by atoms with E-state index in [-0.39, 0.29) is 11.9 Å². The first-order chi connectivity index (χ1) is 10.7. The van der Waals surface area contributed by atoms with Crippen molar-refractivity contribution in [2.45, 2.75) is 13.0 Å². The molecule has 1 saturated heterocycles. The van der Waals surface area contributed by atoms with Crippen LogP contribution in [0.1, 0.15) is 16.6 Å². The van der Waals surface area contributed by atoms with Crippen molar-refractivity contribution >= 4 is 17.2 Å². The van der Waals surface area contributed by atoms with Gasteiger partial charge in [-0.2, -0.15) is 0 Å². The van der Waals surface area contributed by atoms with Crippen LogP contribution < -0.4 is 5.32 Å². The molecule has 2 aromatic rings. The number of carbonyl (C=O) groups excluding carboxylic acids is 1. The molecule has 0 aromatic carbocycles. The minimum absolute atomic E-state index is 0.000501. The summed E-state index contributed by atoms with van der Waals surface area (Å²) in [4.78, 5) is 15.6. The Morgan fingerprint density at radius 2 is 2.09 bits per heavy atom. The molecule has 3 heterocycles. The Hall–Kier alpha value is -1.63. The molecule has 2 aromatic heterocycles. The number of nitrogens with one attached hydrogen (secondary N) is 1. The molecule has 0 spiro atoms. The number of hydrogen-bond acceptors (Lipinski definition) is 4. The van der Waals surface area contributed by atoms with Gasteiger partial charge < -0.3 is 14.6 Å². The van der Waals surface area contributed by atoms with Gasteiger partial charge in [0.2, 0.25) is 0 Å². The molecule has 0 radical (unpaired) electrons. The lowest BCUT2D eigenvalue weighted by Gasteiger charge is -2.29. The van der Waals surface area contributed by atoms with Crippen LogP contribution in [0.25, 0.3) is 5.69 Å². The van der Waals surface area contributed by atoms with Crippen molar-refractivity contribution in [3.63, 3.8) is 0 Å². The Kier molecular flexibility index (Phi) is 4.92. The van der Waals surface area contributed by atoms with Gasteiger partial charge in [-0.15, -0.1) is 11.3 Å². The Bertz CT molecular complexity index is 603. The van der Waals surface area contributed by atoms with Gasteiger partial charge in [0.15, 0.2) is 0 Å². The largest absolute Gasteiger partial charge is 0.379 e. The molecule has 1 aliphatic rings. The second-order valence-electron chi connectivity index (χ2n) is 5.51. The van der Waals surface area contributed by atoms with Crippen LogP contribution in [0.3, 0.4) is 0 Å². The van der Waals surface area contributed by atoms with Crippen LogP contribution in [0.15, 0.2) is 36.0 Å². The van der Waals surface area contributed by atoms with Crippen LogP contribution in [-0.2, 0) is 4.74 Å². The molecule has 5 nitrogen and oxygen atoms in total. The highest BCUT2D eigenvalue weighted by molar-refractivity contribution is 7.12. The van der Waals surface area contributed by atoms with Gasteiger partial charge >= 0.3 is 0 Å². The van der Waals surface area contributed by atoms with Crippen molar-refractivity contribution in [1.29, 1.82) is 0 Å². The SMILES string of the molecule is CC(CN1CCOCC1)NC(=O)c1sccc1-n1cccc1. The molecular weight excluding hydrogens is 298 g/mol. The second-order valence-corrected chi connectivity index (χ2v) is 6.43. The van der Waals surface area contributed by atoms with Gasteiger partial charge in [0.25, 0.3) is 5.91 Å². The molecular formula is C16H21N3O2S. The van der Waals surface area contributed by atoms with Crippen LogP contribution in [0, 0.1) is 0 Å². The highest BCUT2D eigenvalue weighted by Gasteiger charge is 2.19. The molecule has 1 amide bonds. The monoisotopic (exact) mass is 319 g/mol. The van der Waals surface area contributed by atoms with Crippen molar-refractivity contribution in [3.8, 4) is 5.69 Å². The quantitative estimate of drug-likeness (QED) is 0.917. The molecule has 22 heavy (non-hydrogen) atoms. The fraction of sp³-hybridized carbons (Fsp3) is 0.438. The maximum absolute atomic E-state index is 12.5. The minimum atomic E-state index is -0.000501. The van der Waals surface area contributed by atoms with Crippen molar-refractivity contribution < 1.29 is 9.53 Å². The van der Waals surface area contributed by atoms with Crippen molar-refractivity contribution in [1.82, 2.24) is 14.8 Å². The van der Waals surface area contributed by atoms with E-state index in [4.69, 9.17) is 4.74 Å². The van der Waals surface area contributed by atoms with Crippen LogP contribution >= 0.6 is 11.3 Å². The first-order valence-electron chi connectivity index (χ1n) is 7.56. The summed E-state index contributed by atoms with van der Waals surface area (Å²) in [7, 11) is 0. The number of aromatic nitrogens is 1. The lowest BCUT2D eigenvalue weighted by atomic mass is 10.2. The number of hydrogen-bond donors (Lipinski definition) is 1. The number of thiophene rings is 1. The van der Waals surface area contributed by atoms with E-state index in [1.54, 1.807) is 0 Å². The van der Waals surface area contributed by atoms with Crippen LogP contribution in [-0.4, -0.2) is 54.3 Å². The number of rotatable bonds is 5. The number of ether oxygens (including phenoxy) is 1. The molecule has 1 atom stereocenters. The Morgan fingerprint density at radius 1 is 1.36 bits per heavy atom. The van der Waals surface area contributed by atoms with E-state index in [0.29, 0.717) is 0 Å². The Balaban J connectivity index is 1.61. The van der Waals surface area contributed by atoms with Gasteiger partial charge in [0.1, 0.15) is 4.88 Å². The predicted molar refractivity (Wildman–Crippen MR) is 87.8 cm³/mol. The molecule has 1 unspecified atom stereocenters. The van der Waals surface area contributed by atoms with Crippen molar-refractivity contribution in [2.24, 2.45) is 0 Å². The Labute approximate surface area is 134 Å². The average molecular weight is 319 g/mol. The third kappa shape index (κ3) is 3.58. The standard InChI is InChI=1S/C16H21N3O2S/c1-13(12-18-7-9-21-10-8-18)17-16(20)15-14(4-11-22-15)19-5-2-3-6-19/h2-6,11,13H,7-10,12H2,1H3,(H,17,20). The summed E-state index contributed by atoms with van der Waals surface area (Å²) >= 11 is 1.48. The zero-order valence-corrected chi connectivity index (χ0v) is 13.5. The first-order valence-corrected chi connectivity index (χ1v) is 8.44. The van der Waals surface area contributed by atoms with Gasteiger partial charge in [-0.3, -0.25) is 9.69 Å². The lowest BCUT2D eigenvalue weighted by molar-refractivity contribution is 0.0342. The molecule has 0 saturated carbocycles. The van der Waals surface area contributed by atoms with Crippen molar-refractivity contribution in [2.75, 3.05) is 32.8 Å². The molecule has 0 bridgehead atoms. The summed E-state index contributed by atoms with van der Waals surface area (Å²) in [6.07, 6.45) is 3.91. The highest BCUT2D eigenvalue weighted by atomic mass is 32.1. The molecule has 1 fully saturated rings. The second kappa shape index (κ2) is 7.09. The number of amides is 1. The predicted octanol–water partition coefficient (Wildman–Crippen LogP) is 1.99. The fourth-order valence-corrected chi connectivity index (χ4v) is 3.47. The molecule has 118 valence electrons. The maximum Gasteiger partial charge on any atom is 0.263 e. The molecule has 1 aliphatic heterocycles. The molecule has 6 heteroatoms. The van der Waals surface area contributed by atoms with E-state index in [9.17, 15) is 4.79 Å². The van der Waals surface area contributed by atoms with Gasteiger partial charge in [-0.1, -0.05) is 0 Å². The maximum atomic E-state index is 12.5. The first kappa shape index (κ1) is 15.3. The van der Waals surface area contributed by atoms with E-state index in [2.05, 4.69) is 17.1 Å². The summed E-state index contributed by atoms with van der Waals surface area (Å²) in [6.45, 7) is 6.35. The van der Waals surface area contributed by atoms with Gasteiger partial charge in [-0.05, 0) is 30.5 Å². The van der Waals surface area contributed by atoms with E-state index < -0.39 is 0 Å².